The number of nitrogens with zero attached hydrogens (tertiary/aromatic N) is 5. The maximum Gasteiger partial charge on any atom is 0.255 e. The van der Waals surface area contributed by atoms with Gasteiger partial charge in [-0.05, 0) is 39.0 Å². The third-order valence-electron chi connectivity index (χ3n) is 5.24. The largest absolute Gasteiger partial charge is 0.325 e. The van der Waals surface area contributed by atoms with Gasteiger partial charge in [0.05, 0.1) is 16.6 Å². The van der Waals surface area contributed by atoms with Crippen LogP contribution in [-0.2, 0) is 11.8 Å². The molecule has 0 bridgehead atoms. The number of aryl methyl sites for hydroxylation is 3. The smallest absolute Gasteiger partial charge is 0.255 e. The van der Waals surface area contributed by atoms with Crippen LogP contribution < -0.4 is 4.90 Å². The number of pyridine rings is 1. The summed E-state index contributed by atoms with van der Waals surface area (Å²) >= 11 is 0. The zero-order valence-corrected chi connectivity index (χ0v) is 16.5. The highest BCUT2D eigenvalue weighted by molar-refractivity contribution is 6.09. The first-order valence-electron chi connectivity index (χ1n) is 9.34. The number of aromatic nitrogens is 3. The van der Waals surface area contributed by atoms with E-state index in [2.05, 4.69) is 10.1 Å². The van der Waals surface area contributed by atoms with E-state index >= 15 is 0 Å². The first-order chi connectivity index (χ1) is 13.4. The molecule has 0 saturated carbocycles. The zero-order valence-electron chi connectivity index (χ0n) is 16.5. The Hall–Kier alpha value is -3.22. The summed E-state index contributed by atoms with van der Waals surface area (Å²) in [7, 11) is 1.82. The molecular weight excluding hydrogens is 354 g/mol. The number of amides is 2. The lowest BCUT2D eigenvalue weighted by molar-refractivity contribution is -0.121. The van der Waals surface area contributed by atoms with E-state index in [1.165, 1.54) is 0 Å². The topological polar surface area (TPSA) is 71.3 Å². The van der Waals surface area contributed by atoms with Crippen molar-refractivity contribution < 1.29 is 9.59 Å². The minimum Gasteiger partial charge on any atom is -0.325 e. The number of hydrogen-bond acceptors (Lipinski definition) is 4. The van der Waals surface area contributed by atoms with E-state index in [9.17, 15) is 9.59 Å². The number of para-hydroxylation sites is 1. The van der Waals surface area contributed by atoms with Crippen molar-refractivity contribution >= 4 is 28.5 Å². The molecule has 0 spiro atoms. The normalized spacial score (nSPS) is 17.4. The average molecular weight is 377 g/mol. The Morgan fingerprint density at radius 2 is 1.89 bits per heavy atom. The Balaban J connectivity index is 1.68. The number of rotatable bonds is 2. The Kier molecular flexibility index (Phi) is 4.37. The lowest BCUT2D eigenvalue weighted by atomic mass is 10.1. The van der Waals surface area contributed by atoms with Gasteiger partial charge in [0.25, 0.3) is 5.91 Å². The molecule has 1 atom stereocenters. The minimum absolute atomic E-state index is 0.0526. The van der Waals surface area contributed by atoms with Crippen molar-refractivity contribution in [2.75, 3.05) is 18.0 Å². The first-order valence-corrected chi connectivity index (χ1v) is 9.34. The van der Waals surface area contributed by atoms with Gasteiger partial charge < -0.3 is 9.80 Å². The summed E-state index contributed by atoms with van der Waals surface area (Å²) in [5.41, 5.74) is 3.61. The van der Waals surface area contributed by atoms with Gasteiger partial charge in [-0.3, -0.25) is 14.3 Å². The average Bonchev–Trinajstić information content (AvgIpc) is 2.96. The number of benzene rings is 1. The van der Waals surface area contributed by atoms with Crippen molar-refractivity contribution in [1.82, 2.24) is 19.7 Å². The summed E-state index contributed by atoms with van der Waals surface area (Å²) in [5, 5.41) is 5.17. The standard InChI is InChI=1S/C21H23N5O2/c1-13-10-17(19-15(3)23-24(4)20(19)22-13)21(28)25-12-18(27)26(11-14(25)2)16-8-6-5-7-9-16/h5-10,14H,11-12H2,1-4H3/t14-/m1/s1. The van der Waals surface area contributed by atoms with Gasteiger partial charge in [-0.25, -0.2) is 4.98 Å². The van der Waals surface area contributed by atoms with Crippen LogP contribution in [0, 0.1) is 13.8 Å². The van der Waals surface area contributed by atoms with Gasteiger partial charge in [0, 0.05) is 31.0 Å². The molecule has 1 aliphatic rings. The second-order valence-corrected chi connectivity index (χ2v) is 7.34. The molecule has 0 unspecified atom stereocenters. The minimum atomic E-state index is -0.153. The van der Waals surface area contributed by atoms with Crippen LogP contribution in [0.25, 0.3) is 11.0 Å². The molecule has 4 rings (SSSR count). The van der Waals surface area contributed by atoms with Gasteiger partial charge >= 0.3 is 0 Å². The predicted octanol–water partition coefficient (Wildman–Crippen LogP) is 2.46. The molecule has 2 aromatic heterocycles. The van der Waals surface area contributed by atoms with Crippen LogP contribution in [0.2, 0.25) is 0 Å². The van der Waals surface area contributed by atoms with Crippen LogP contribution in [0.4, 0.5) is 5.69 Å². The molecule has 1 aliphatic heterocycles. The quantitative estimate of drug-likeness (QED) is 0.688. The second kappa shape index (κ2) is 6.74. The molecular formula is C21H23N5O2. The lowest BCUT2D eigenvalue weighted by Gasteiger charge is -2.39. The number of anilines is 1. The van der Waals surface area contributed by atoms with Gasteiger partial charge in [0.2, 0.25) is 5.91 Å². The molecule has 1 fully saturated rings. The molecule has 3 heterocycles. The van der Waals surface area contributed by atoms with Crippen LogP contribution in [0.1, 0.15) is 28.7 Å². The Morgan fingerprint density at radius 3 is 2.61 bits per heavy atom. The fourth-order valence-electron chi connectivity index (χ4n) is 3.87. The van der Waals surface area contributed by atoms with Gasteiger partial charge in [-0.2, -0.15) is 5.10 Å². The fourth-order valence-corrected chi connectivity index (χ4v) is 3.87. The summed E-state index contributed by atoms with van der Waals surface area (Å²) < 4.78 is 1.69. The summed E-state index contributed by atoms with van der Waals surface area (Å²) in [6, 6.07) is 11.3. The van der Waals surface area contributed by atoms with Crippen molar-refractivity contribution in [3.8, 4) is 0 Å². The lowest BCUT2D eigenvalue weighted by Crippen LogP contribution is -2.57. The summed E-state index contributed by atoms with van der Waals surface area (Å²) in [6.45, 7) is 6.23. The molecule has 2 amide bonds. The molecule has 1 aromatic carbocycles. The van der Waals surface area contributed by atoms with Gasteiger partial charge in [0.15, 0.2) is 5.65 Å². The number of carbonyl (C=O) groups excluding carboxylic acids is 2. The second-order valence-electron chi connectivity index (χ2n) is 7.34. The number of fused-ring (bicyclic) bond motifs is 1. The molecule has 0 N–H and O–H groups in total. The van der Waals surface area contributed by atoms with Crippen LogP contribution in [0.3, 0.4) is 0 Å². The Morgan fingerprint density at radius 1 is 1.18 bits per heavy atom. The molecule has 28 heavy (non-hydrogen) atoms. The SMILES string of the molecule is Cc1cc(C(=O)N2CC(=O)N(c3ccccc3)C[C@H]2C)c2c(C)nn(C)c2n1. The van der Waals surface area contributed by atoms with E-state index in [0.29, 0.717) is 17.8 Å². The van der Waals surface area contributed by atoms with Gasteiger partial charge in [-0.1, -0.05) is 18.2 Å². The van der Waals surface area contributed by atoms with Crippen molar-refractivity contribution in [3.05, 3.63) is 53.3 Å². The van der Waals surface area contributed by atoms with E-state index in [-0.39, 0.29) is 24.4 Å². The van der Waals surface area contributed by atoms with Crippen LogP contribution in [-0.4, -0.2) is 50.6 Å². The monoisotopic (exact) mass is 377 g/mol. The number of hydrogen-bond donors (Lipinski definition) is 0. The number of piperazine rings is 1. The van der Waals surface area contributed by atoms with Crippen molar-refractivity contribution in [2.24, 2.45) is 7.05 Å². The summed E-state index contributed by atoms with van der Waals surface area (Å²) in [5.74, 6) is -0.234. The fraction of sp³-hybridized carbons (Fsp3) is 0.333. The first kappa shape index (κ1) is 18.2. The van der Waals surface area contributed by atoms with Crippen molar-refractivity contribution in [3.63, 3.8) is 0 Å². The van der Waals surface area contributed by atoms with Gasteiger partial charge in [-0.15, -0.1) is 0 Å². The highest BCUT2D eigenvalue weighted by Gasteiger charge is 2.34. The molecule has 7 heteroatoms. The molecule has 7 nitrogen and oxygen atoms in total. The zero-order chi connectivity index (χ0) is 20.0. The summed E-state index contributed by atoms with van der Waals surface area (Å²) in [4.78, 5) is 34.1. The van der Waals surface area contributed by atoms with E-state index in [1.807, 2.05) is 58.2 Å². The highest BCUT2D eigenvalue weighted by Crippen LogP contribution is 2.26. The van der Waals surface area contributed by atoms with E-state index in [0.717, 1.165) is 22.5 Å². The Bertz CT molecular complexity index is 1070. The highest BCUT2D eigenvalue weighted by atomic mass is 16.2. The third-order valence-corrected chi connectivity index (χ3v) is 5.24. The van der Waals surface area contributed by atoms with Crippen LogP contribution >= 0.6 is 0 Å². The van der Waals surface area contributed by atoms with Crippen molar-refractivity contribution in [1.29, 1.82) is 0 Å². The van der Waals surface area contributed by atoms with Crippen molar-refractivity contribution in [2.45, 2.75) is 26.8 Å². The van der Waals surface area contributed by atoms with Crippen LogP contribution in [0.15, 0.2) is 36.4 Å². The molecule has 1 saturated heterocycles. The predicted molar refractivity (Wildman–Crippen MR) is 107 cm³/mol. The maximum absolute atomic E-state index is 13.4. The van der Waals surface area contributed by atoms with E-state index in [1.54, 1.807) is 20.5 Å². The van der Waals surface area contributed by atoms with E-state index in [4.69, 9.17) is 0 Å². The Labute approximate surface area is 163 Å². The molecule has 0 radical (unpaired) electrons. The number of carbonyl (C=O) groups is 2. The van der Waals surface area contributed by atoms with Crippen LogP contribution in [0.5, 0.6) is 0 Å². The molecule has 0 aliphatic carbocycles. The van der Waals surface area contributed by atoms with Gasteiger partial charge in [0.1, 0.15) is 6.54 Å². The molecule has 144 valence electrons. The third kappa shape index (κ3) is 2.93. The summed E-state index contributed by atoms with van der Waals surface area (Å²) in [6.07, 6.45) is 0. The maximum atomic E-state index is 13.4. The molecule has 3 aromatic rings. The van der Waals surface area contributed by atoms with E-state index < -0.39 is 0 Å².